The number of hydrogen-bond acceptors (Lipinski definition) is 4. The summed E-state index contributed by atoms with van der Waals surface area (Å²) in [6, 6.07) is 11.4. The molecule has 1 N–H and O–H groups in total. The van der Waals surface area contributed by atoms with E-state index in [1.807, 2.05) is 0 Å². The number of ketones is 1. The van der Waals surface area contributed by atoms with E-state index in [1.165, 1.54) is 7.11 Å². The Morgan fingerprint density at radius 1 is 1.00 bits per heavy atom. The summed E-state index contributed by atoms with van der Waals surface area (Å²) < 4.78 is 4.65. The van der Waals surface area contributed by atoms with E-state index in [0.29, 0.717) is 21.8 Å². The third-order valence-corrected chi connectivity index (χ3v) is 3.92. The molecule has 0 heterocycles. The number of esters is 1. The van der Waals surface area contributed by atoms with Crippen LogP contribution in [-0.4, -0.2) is 24.8 Å². The Hall–Kier alpha value is -2.66. The molecule has 2 aromatic carbocycles. The molecule has 0 saturated heterocycles. The second-order valence-electron chi connectivity index (χ2n) is 5.50. The Morgan fingerprint density at radius 2 is 1.64 bits per heavy atom. The number of methoxy groups -OCH3 is 1. The summed E-state index contributed by atoms with van der Waals surface area (Å²) in [5, 5.41) is 3.30. The van der Waals surface area contributed by atoms with Crippen molar-refractivity contribution in [3.63, 3.8) is 0 Å². The summed E-state index contributed by atoms with van der Waals surface area (Å²) in [6.07, 6.45) is 0.173. The van der Waals surface area contributed by atoms with Crippen LogP contribution in [0.2, 0.25) is 5.02 Å². The third-order valence-electron chi connectivity index (χ3n) is 3.67. The van der Waals surface area contributed by atoms with Crippen LogP contribution >= 0.6 is 11.6 Å². The van der Waals surface area contributed by atoms with Gasteiger partial charge in [-0.2, -0.15) is 0 Å². The number of amides is 1. The standard InChI is InChI=1S/C19H18ClNO4/c1-12-11-14(19(24)25-2)5-8-16(12)21-18(23)10-9-17(22)13-3-6-15(20)7-4-13/h3-8,11H,9-10H2,1-2H3,(H,21,23). The van der Waals surface area contributed by atoms with Gasteiger partial charge >= 0.3 is 5.97 Å². The SMILES string of the molecule is COC(=O)c1ccc(NC(=O)CCC(=O)c2ccc(Cl)cc2)c(C)c1. The lowest BCUT2D eigenvalue weighted by atomic mass is 10.1. The van der Waals surface area contributed by atoms with Crippen molar-refractivity contribution in [1.29, 1.82) is 0 Å². The van der Waals surface area contributed by atoms with E-state index in [1.54, 1.807) is 49.4 Å². The molecule has 0 aliphatic carbocycles. The zero-order valence-electron chi connectivity index (χ0n) is 14.0. The lowest BCUT2D eigenvalue weighted by molar-refractivity contribution is -0.116. The first-order valence-corrected chi connectivity index (χ1v) is 8.06. The number of nitrogens with one attached hydrogen (secondary N) is 1. The highest BCUT2D eigenvalue weighted by atomic mass is 35.5. The first-order chi connectivity index (χ1) is 11.9. The molecule has 25 heavy (non-hydrogen) atoms. The molecule has 0 fully saturated rings. The minimum Gasteiger partial charge on any atom is -0.465 e. The van der Waals surface area contributed by atoms with E-state index in [9.17, 15) is 14.4 Å². The number of aryl methyl sites for hydroxylation is 1. The Bertz CT molecular complexity index is 800. The van der Waals surface area contributed by atoms with Gasteiger partial charge in [-0.3, -0.25) is 9.59 Å². The van der Waals surface area contributed by atoms with E-state index < -0.39 is 5.97 Å². The summed E-state index contributed by atoms with van der Waals surface area (Å²) in [5.41, 5.74) is 2.27. The van der Waals surface area contributed by atoms with Crippen molar-refractivity contribution in [2.24, 2.45) is 0 Å². The first-order valence-electron chi connectivity index (χ1n) is 7.68. The van der Waals surface area contributed by atoms with Gasteiger partial charge in [-0.1, -0.05) is 11.6 Å². The second kappa shape index (κ2) is 8.44. The van der Waals surface area contributed by atoms with Crippen molar-refractivity contribution in [2.45, 2.75) is 19.8 Å². The molecule has 2 rings (SSSR count). The van der Waals surface area contributed by atoms with Crippen LogP contribution in [-0.2, 0) is 9.53 Å². The van der Waals surface area contributed by atoms with Gasteiger partial charge in [0.2, 0.25) is 5.91 Å². The fraction of sp³-hybridized carbons (Fsp3) is 0.211. The number of carbonyl (C=O) groups is 3. The van der Waals surface area contributed by atoms with Crippen LogP contribution in [0.4, 0.5) is 5.69 Å². The summed E-state index contributed by atoms with van der Waals surface area (Å²) in [6.45, 7) is 1.78. The zero-order chi connectivity index (χ0) is 18.4. The molecule has 6 heteroatoms. The molecule has 0 spiro atoms. The van der Waals surface area contributed by atoms with E-state index in [2.05, 4.69) is 10.1 Å². The fourth-order valence-corrected chi connectivity index (χ4v) is 2.39. The summed E-state index contributed by atoms with van der Waals surface area (Å²) in [7, 11) is 1.31. The molecular weight excluding hydrogens is 342 g/mol. The lowest BCUT2D eigenvalue weighted by Crippen LogP contribution is -2.14. The Labute approximate surface area is 150 Å². The number of carbonyl (C=O) groups excluding carboxylic acids is 3. The molecule has 5 nitrogen and oxygen atoms in total. The van der Waals surface area contributed by atoms with Crippen molar-refractivity contribution in [2.75, 3.05) is 12.4 Å². The normalized spacial score (nSPS) is 10.2. The maximum atomic E-state index is 12.1. The monoisotopic (exact) mass is 359 g/mol. The maximum absolute atomic E-state index is 12.1. The molecule has 1 amide bonds. The van der Waals surface area contributed by atoms with Crippen LogP contribution in [0.5, 0.6) is 0 Å². The van der Waals surface area contributed by atoms with Crippen LogP contribution in [0.15, 0.2) is 42.5 Å². The average Bonchev–Trinajstić information content (AvgIpc) is 2.61. The Balaban J connectivity index is 1.93. The molecule has 2 aromatic rings. The van der Waals surface area contributed by atoms with Gasteiger partial charge in [0.15, 0.2) is 5.78 Å². The highest BCUT2D eigenvalue weighted by molar-refractivity contribution is 6.30. The molecule has 0 aliphatic rings. The van der Waals surface area contributed by atoms with Crippen LogP contribution in [0.3, 0.4) is 0 Å². The van der Waals surface area contributed by atoms with E-state index in [0.717, 1.165) is 5.56 Å². The number of hydrogen-bond donors (Lipinski definition) is 1. The van der Waals surface area contributed by atoms with Crippen LogP contribution < -0.4 is 5.32 Å². The van der Waals surface area contributed by atoms with Gasteiger partial charge in [0.1, 0.15) is 0 Å². The van der Waals surface area contributed by atoms with Crippen LogP contribution in [0.1, 0.15) is 39.1 Å². The van der Waals surface area contributed by atoms with Gasteiger partial charge in [-0.05, 0) is 55.0 Å². The summed E-state index contributed by atoms with van der Waals surface area (Å²) in [4.78, 5) is 35.6. The van der Waals surface area contributed by atoms with E-state index in [4.69, 9.17) is 11.6 Å². The predicted octanol–water partition coefficient (Wildman–Crippen LogP) is 4.04. The fourth-order valence-electron chi connectivity index (χ4n) is 2.27. The topological polar surface area (TPSA) is 72.5 Å². The van der Waals surface area contributed by atoms with Crippen molar-refractivity contribution in [3.05, 3.63) is 64.2 Å². The Morgan fingerprint density at radius 3 is 2.24 bits per heavy atom. The molecule has 0 bridgehead atoms. The second-order valence-corrected chi connectivity index (χ2v) is 5.94. The largest absolute Gasteiger partial charge is 0.465 e. The van der Waals surface area contributed by atoms with Gasteiger partial charge in [0, 0.05) is 29.1 Å². The number of benzene rings is 2. The number of anilines is 1. The highest BCUT2D eigenvalue weighted by Gasteiger charge is 2.12. The number of rotatable bonds is 6. The summed E-state index contributed by atoms with van der Waals surface area (Å²) in [5.74, 6) is -0.824. The predicted molar refractivity (Wildman–Crippen MR) is 96.2 cm³/mol. The van der Waals surface area contributed by atoms with E-state index in [-0.39, 0.29) is 24.5 Å². The number of ether oxygens (including phenoxy) is 1. The van der Waals surface area contributed by atoms with Gasteiger partial charge in [0.25, 0.3) is 0 Å². The lowest BCUT2D eigenvalue weighted by Gasteiger charge is -2.09. The van der Waals surface area contributed by atoms with Crippen molar-refractivity contribution >= 4 is 34.9 Å². The number of halogens is 1. The maximum Gasteiger partial charge on any atom is 0.337 e. The highest BCUT2D eigenvalue weighted by Crippen LogP contribution is 2.18. The Kier molecular flexibility index (Phi) is 6.31. The average molecular weight is 360 g/mol. The molecular formula is C19H18ClNO4. The van der Waals surface area contributed by atoms with Gasteiger partial charge < -0.3 is 10.1 Å². The van der Waals surface area contributed by atoms with Crippen LogP contribution in [0, 0.1) is 6.92 Å². The van der Waals surface area contributed by atoms with Crippen LogP contribution in [0.25, 0.3) is 0 Å². The molecule has 0 saturated carbocycles. The van der Waals surface area contributed by atoms with Crippen molar-refractivity contribution in [3.8, 4) is 0 Å². The quantitative estimate of drug-likeness (QED) is 0.624. The molecule has 130 valence electrons. The van der Waals surface area contributed by atoms with Crippen molar-refractivity contribution < 1.29 is 19.1 Å². The zero-order valence-corrected chi connectivity index (χ0v) is 14.7. The molecule has 0 radical (unpaired) electrons. The minimum absolute atomic E-state index is 0.0691. The van der Waals surface area contributed by atoms with Gasteiger partial charge in [-0.15, -0.1) is 0 Å². The third kappa shape index (κ3) is 5.16. The molecule has 0 aromatic heterocycles. The molecule has 0 aliphatic heterocycles. The van der Waals surface area contributed by atoms with Crippen molar-refractivity contribution in [1.82, 2.24) is 0 Å². The molecule has 0 atom stereocenters. The van der Waals surface area contributed by atoms with Gasteiger partial charge in [0.05, 0.1) is 12.7 Å². The number of Topliss-reactive ketones (excluding diaryl/α,β-unsaturated/α-hetero) is 1. The van der Waals surface area contributed by atoms with Gasteiger partial charge in [-0.25, -0.2) is 4.79 Å². The molecule has 0 unspecified atom stereocenters. The first kappa shape index (κ1) is 18.7. The van der Waals surface area contributed by atoms with E-state index >= 15 is 0 Å². The minimum atomic E-state index is -0.436. The smallest absolute Gasteiger partial charge is 0.337 e. The summed E-state index contributed by atoms with van der Waals surface area (Å²) >= 11 is 5.78.